The summed E-state index contributed by atoms with van der Waals surface area (Å²) in [4.78, 5) is 7.60. The minimum absolute atomic E-state index is 0. The van der Waals surface area contributed by atoms with Crippen molar-refractivity contribution in [2.24, 2.45) is 0 Å². The molecule has 4 heteroatoms. The highest BCUT2D eigenvalue weighted by atomic mass is 31.1. The van der Waals surface area contributed by atoms with Gasteiger partial charge in [0.25, 0.3) is 0 Å². The molecule has 0 aliphatic heterocycles. The SMILES string of the molecule is C[PH](=O)O.N. The van der Waals surface area contributed by atoms with Gasteiger partial charge in [0.15, 0.2) is 8.03 Å². The van der Waals surface area contributed by atoms with Gasteiger partial charge >= 0.3 is 0 Å². The van der Waals surface area contributed by atoms with E-state index in [1.165, 1.54) is 6.66 Å². The van der Waals surface area contributed by atoms with E-state index in [2.05, 4.69) is 0 Å². The molecule has 0 aromatic heterocycles. The van der Waals surface area contributed by atoms with Gasteiger partial charge < -0.3 is 11.0 Å². The van der Waals surface area contributed by atoms with Gasteiger partial charge in [0, 0.05) is 6.66 Å². The molecule has 5 heavy (non-hydrogen) atoms. The zero-order valence-corrected chi connectivity index (χ0v) is 4.06. The molecular formula is CH8NO2P. The van der Waals surface area contributed by atoms with Gasteiger partial charge in [0.1, 0.15) is 0 Å². The normalized spacial score (nSPS) is 12.4. The van der Waals surface area contributed by atoms with E-state index in [0.29, 0.717) is 0 Å². The third-order valence-corrected chi connectivity index (χ3v) is 0. The second-order valence-electron chi connectivity index (χ2n) is 0.519. The van der Waals surface area contributed by atoms with Crippen molar-refractivity contribution in [2.75, 3.05) is 6.66 Å². The summed E-state index contributed by atoms with van der Waals surface area (Å²) in [6, 6.07) is 0. The van der Waals surface area contributed by atoms with Gasteiger partial charge in [0.2, 0.25) is 0 Å². The zero-order chi connectivity index (χ0) is 3.58. The fourth-order valence-corrected chi connectivity index (χ4v) is 0. The minimum Gasteiger partial charge on any atom is -0.346 e. The number of rotatable bonds is 0. The lowest BCUT2D eigenvalue weighted by molar-refractivity contribution is 0.509. The van der Waals surface area contributed by atoms with E-state index in [1.807, 2.05) is 0 Å². The largest absolute Gasteiger partial charge is 0.346 e. The molecule has 0 radical (unpaired) electrons. The fraction of sp³-hybridized carbons (Fsp3) is 1.00. The van der Waals surface area contributed by atoms with Crippen LogP contribution in [-0.2, 0) is 4.57 Å². The molecule has 0 aliphatic rings. The Morgan fingerprint density at radius 3 is 1.80 bits per heavy atom. The molecule has 0 fully saturated rings. The summed E-state index contributed by atoms with van der Waals surface area (Å²) in [7, 11) is -2.13. The summed E-state index contributed by atoms with van der Waals surface area (Å²) in [5.74, 6) is 0. The molecule has 3 nitrogen and oxygen atoms in total. The van der Waals surface area contributed by atoms with Crippen molar-refractivity contribution < 1.29 is 9.46 Å². The molecule has 0 aromatic carbocycles. The third kappa shape index (κ3) is 853. The van der Waals surface area contributed by atoms with Crippen molar-refractivity contribution in [3.05, 3.63) is 0 Å². The van der Waals surface area contributed by atoms with Crippen molar-refractivity contribution >= 4 is 8.03 Å². The van der Waals surface area contributed by atoms with Gasteiger partial charge in [-0.2, -0.15) is 0 Å². The summed E-state index contributed by atoms with van der Waals surface area (Å²) in [6.07, 6.45) is 0. The van der Waals surface area contributed by atoms with E-state index < -0.39 is 8.03 Å². The Bertz CT molecular complexity index is 32.6. The van der Waals surface area contributed by atoms with Crippen LogP contribution in [0.2, 0.25) is 0 Å². The Labute approximate surface area is 31.5 Å². The van der Waals surface area contributed by atoms with Crippen LogP contribution in [-0.4, -0.2) is 11.6 Å². The van der Waals surface area contributed by atoms with Crippen LogP contribution >= 0.6 is 8.03 Å². The average Bonchev–Trinajstić information content (AvgIpc) is 0.811. The van der Waals surface area contributed by atoms with E-state index in [0.717, 1.165) is 0 Å². The predicted molar refractivity (Wildman–Crippen MR) is 22.2 cm³/mol. The predicted octanol–water partition coefficient (Wildman–Crippen LogP) is 0.245. The first-order chi connectivity index (χ1) is 1.73. The maximum Gasteiger partial charge on any atom is 0.186 e. The summed E-state index contributed by atoms with van der Waals surface area (Å²) in [5, 5.41) is 0. The van der Waals surface area contributed by atoms with E-state index >= 15 is 0 Å². The first-order valence-electron chi connectivity index (χ1n) is 0.928. The minimum atomic E-state index is -2.13. The number of hydrogen-bond donors (Lipinski definition) is 2. The van der Waals surface area contributed by atoms with E-state index in [1.54, 1.807) is 0 Å². The van der Waals surface area contributed by atoms with Gasteiger partial charge in [-0.3, -0.25) is 4.57 Å². The Morgan fingerprint density at radius 1 is 1.80 bits per heavy atom. The molecule has 0 aromatic rings. The Hall–Kier alpha value is 0.150. The molecule has 4 N–H and O–H groups in total. The Balaban J connectivity index is 0. The summed E-state index contributed by atoms with van der Waals surface area (Å²) < 4.78 is 9.19. The van der Waals surface area contributed by atoms with Crippen LogP contribution in [0.15, 0.2) is 0 Å². The van der Waals surface area contributed by atoms with E-state index in [-0.39, 0.29) is 6.15 Å². The van der Waals surface area contributed by atoms with Crippen molar-refractivity contribution in [1.29, 1.82) is 0 Å². The van der Waals surface area contributed by atoms with Gasteiger partial charge in [-0.15, -0.1) is 0 Å². The van der Waals surface area contributed by atoms with E-state index in [4.69, 9.17) is 4.89 Å². The van der Waals surface area contributed by atoms with Crippen LogP contribution in [0.5, 0.6) is 0 Å². The molecule has 1 atom stereocenters. The summed E-state index contributed by atoms with van der Waals surface area (Å²) in [5.41, 5.74) is 0. The van der Waals surface area contributed by atoms with Crippen molar-refractivity contribution in [2.45, 2.75) is 0 Å². The summed E-state index contributed by atoms with van der Waals surface area (Å²) >= 11 is 0. The molecule has 0 aliphatic carbocycles. The van der Waals surface area contributed by atoms with Gasteiger partial charge in [-0.25, -0.2) is 0 Å². The highest BCUT2D eigenvalue weighted by Gasteiger charge is 1.60. The van der Waals surface area contributed by atoms with Crippen LogP contribution in [0.3, 0.4) is 0 Å². The second kappa shape index (κ2) is 4.15. The maximum atomic E-state index is 9.19. The van der Waals surface area contributed by atoms with E-state index in [9.17, 15) is 4.57 Å². The Morgan fingerprint density at radius 2 is 1.80 bits per heavy atom. The fourth-order valence-electron chi connectivity index (χ4n) is 0. The molecular weight excluding hydrogens is 89.0 g/mol. The first kappa shape index (κ1) is 8.94. The molecule has 0 saturated heterocycles. The molecule has 0 spiro atoms. The quantitative estimate of drug-likeness (QED) is 0.425. The average molecular weight is 97.1 g/mol. The molecule has 0 bridgehead atoms. The molecule has 0 amide bonds. The lowest BCUT2D eigenvalue weighted by atomic mass is 12.0. The van der Waals surface area contributed by atoms with Gasteiger partial charge in [-0.05, 0) is 0 Å². The van der Waals surface area contributed by atoms with Crippen molar-refractivity contribution in [1.82, 2.24) is 6.15 Å². The monoisotopic (exact) mass is 97.0 g/mol. The van der Waals surface area contributed by atoms with Gasteiger partial charge in [0.05, 0.1) is 0 Å². The van der Waals surface area contributed by atoms with Crippen LogP contribution in [0, 0.1) is 0 Å². The standard InChI is InChI=1S/CH5O2P.H3N/c1-4(2)3;/h4H,1H3,(H,2,3);1H3. The van der Waals surface area contributed by atoms with Crippen LogP contribution in [0.1, 0.15) is 0 Å². The molecule has 0 rings (SSSR count). The van der Waals surface area contributed by atoms with Crippen LogP contribution in [0.4, 0.5) is 0 Å². The topological polar surface area (TPSA) is 72.3 Å². The van der Waals surface area contributed by atoms with Crippen molar-refractivity contribution in [3.63, 3.8) is 0 Å². The highest BCUT2D eigenvalue weighted by molar-refractivity contribution is 7.36. The maximum absolute atomic E-state index is 9.19. The molecule has 0 heterocycles. The second-order valence-corrected chi connectivity index (χ2v) is 1.56. The van der Waals surface area contributed by atoms with Crippen molar-refractivity contribution in [3.8, 4) is 0 Å². The smallest absolute Gasteiger partial charge is 0.186 e. The van der Waals surface area contributed by atoms with Crippen LogP contribution in [0.25, 0.3) is 0 Å². The molecule has 34 valence electrons. The zero-order valence-electron chi connectivity index (χ0n) is 3.06. The van der Waals surface area contributed by atoms with Gasteiger partial charge in [-0.1, -0.05) is 0 Å². The third-order valence-electron chi connectivity index (χ3n) is 0. The number of hydrogen-bond acceptors (Lipinski definition) is 2. The molecule has 1 unspecified atom stereocenters. The molecule has 0 saturated carbocycles. The summed E-state index contributed by atoms with van der Waals surface area (Å²) in [6.45, 7) is 1.27. The highest BCUT2D eigenvalue weighted by Crippen LogP contribution is 1.99. The van der Waals surface area contributed by atoms with Crippen LogP contribution < -0.4 is 6.15 Å². The lowest BCUT2D eigenvalue weighted by Gasteiger charge is -1.61. The Kier molecular flexibility index (Phi) is 7.42. The first-order valence-corrected chi connectivity index (χ1v) is 2.78. The lowest BCUT2D eigenvalue weighted by Crippen LogP contribution is -1.35.